The van der Waals surface area contributed by atoms with Gasteiger partial charge >= 0.3 is 0 Å². The van der Waals surface area contributed by atoms with Gasteiger partial charge in [0.25, 0.3) is 5.91 Å². The van der Waals surface area contributed by atoms with Gasteiger partial charge in [-0.3, -0.25) is 9.89 Å². The van der Waals surface area contributed by atoms with Crippen LogP contribution in [0.4, 0.5) is 0 Å². The summed E-state index contributed by atoms with van der Waals surface area (Å²) in [7, 11) is 0. The largest absolute Gasteiger partial charge is 0.351 e. The zero-order valence-electron chi connectivity index (χ0n) is 11.7. The van der Waals surface area contributed by atoms with Crippen LogP contribution in [0.1, 0.15) is 22.5 Å². The van der Waals surface area contributed by atoms with E-state index < -0.39 is 0 Å². The Morgan fingerprint density at radius 2 is 1.81 bits per heavy atom. The number of aryl methyl sites for hydroxylation is 1. The van der Waals surface area contributed by atoms with E-state index in [1.54, 1.807) is 0 Å². The zero-order valence-corrected chi connectivity index (χ0v) is 11.7. The highest BCUT2D eigenvalue weighted by atomic mass is 16.1. The molecular weight excluding hydrogens is 262 g/mol. The third-order valence-corrected chi connectivity index (χ3v) is 3.46. The Morgan fingerprint density at radius 1 is 1.05 bits per heavy atom. The Labute approximate surface area is 123 Å². The molecule has 0 bridgehead atoms. The van der Waals surface area contributed by atoms with Gasteiger partial charge in [0.05, 0.1) is 5.52 Å². The van der Waals surface area contributed by atoms with Crippen LogP contribution >= 0.6 is 0 Å². The molecule has 2 aromatic carbocycles. The fraction of sp³-hybridized carbons (Fsp3) is 0.176. The molecule has 3 aromatic rings. The van der Waals surface area contributed by atoms with Crippen molar-refractivity contribution < 1.29 is 4.79 Å². The molecule has 4 heteroatoms. The Balaban J connectivity index is 1.55. The predicted octanol–water partition coefficient (Wildman–Crippen LogP) is 2.93. The molecule has 1 amide bonds. The van der Waals surface area contributed by atoms with E-state index >= 15 is 0 Å². The molecule has 21 heavy (non-hydrogen) atoms. The number of aromatic nitrogens is 2. The van der Waals surface area contributed by atoms with Gasteiger partial charge in [-0.15, -0.1) is 0 Å². The number of hydrogen-bond acceptors (Lipinski definition) is 2. The molecule has 0 aliphatic carbocycles. The summed E-state index contributed by atoms with van der Waals surface area (Å²) >= 11 is 0. The van der Waals surface area contributed by atoms with E-state index in [2.05, 4.69) is 27.6 Å². The van der Waals surface area contributed by atoms with E-state index in [1.807, 2.05) is 42.5 Å². The van der Waals surface area contributed by atoms with Crippen molar-refractivity contribution >= 4 is 16.8 Å². The molecule has 0 saturated carbocycles. The topological polar surface area (TPSA) is 57.8 Å². The zero-order chi connectivity index (χ0) is 14.5. The van der Waals surface area contributed by atoms with E-state index in [-0.39, 0.29) is 5.91 Å². The standard InChI is InChI=1S/C17H17N3O/c21-17(16-14-10-4-5-11-15(14)19-20-16)18-12-6-9-13-7-2-1-3-8-13/h1-5,7-8,10-11H,6,9,12H2,(H,18,21)(H,19,20). The van der Waals surface area contributed by atoms with Crippen LogP contribution in [0, 0.1) is 0 Å². The highest BCUT2D eigenvalue weighted by molar-refractivity contribution is 6.04. The number of H-pyrrole nitrogens is 1. The Hall–Kier alpha value is -2.62. The number of carbonyl (C=O) groups excluding carboxylic acids is 1. The lowest BCUT2D eigenvalue weighted by atomic mass is 10.1. The van der Waals surface area contributed by atoms with Crippen LogP contribution in [0.3, 0.4) is 0 Å². The lowest BCUT2D eigenvalue weighted by Crippen LogP contribution is -2.25. The average molecular weight is 279 g/mol. The lowest BCUT2D eigenvalue weighted by molar-refractivity contribution is 0.0950. The fourth-order valence-electron chi connectivity index (χ4n) is 2.36. The minimum atomic E-state index is -0.125. The molecule has 4 nitrogen and oxygen atoms in total. The van der Waals surface area contributed by atoms with Gasteiger partial charge in [0.1, 0.15) is 0 Å². The molecule has 0 spiro atoms. The van der Waals surface area contributed by atoms with Gasteiger partial charge < -0.3 is 5.32 Å². The summed E-state index contributed by atoms with van der Waals surface area (Å²) < 4.78 is 0. The first-order chi connectivity index (χ1) is 10.3. The van der Waals surface area contributed by atoms with Gasteiger partial charge in [-0.2, -0.15) is 5.10 Å². The van der Waals surface area contributed by atoms with Crippen molar-refractivity contribution in [2.75, 3.05) is 6.54 Å². The van der Waals surface area contributed by atoms with Crippen LogP contribution in [-0.2, 0) is 6.42 Å². The van der Waals surface area contributed by atoms with Crippen molar-refractivity contribution in [3.05, 3.63) is 65.9 Å². The number of nitrogens with one attached hydrogen (secondary N) is 2. The maximum absolute atomic E-state index is 12.1. The molecule has 0 saturated heterocycles. The lowest BCUT2D eigenvalue weighted by Gasteiger charge is -2.04. The quantitative estimate of drug-likeness (QED) is 0.705. The van der Waals surface area contributed by atoms with Crippen molar-refractivity contribution in [3.63, 3.8) is 0 Å². The van der Waals surface area contributed by atoms with Gasteiger partial charge in [-0.25, -0.2) is 0 Å². The fourth-order valence-corrected chi connectivity index (χ4v) is 2.36. The molecular formula is C17H17N3O. The SMILES string of the molecule is O=C(NCCCc1ccccc1)c1n[nH]c2ccccc12. The van der Waals surface area contributed by atoms with Crippen LogP contribution in [-0.4, -0.2) is 22.6 Å². The van der Waals surface area contributed by atoms with Crippen LogP contribution in [0.5, 0.6) is 0 Å². The number of nitrogens with zero attached hydrogens (tertiary/aromatic N) is 1. The first-order valence-electron chi connectivity index (χ1n) is 7.10. The molecule has 0 fully saturated rings. The van der Waals surface area contributed by atoms with Crippen LogP contribution in [0.15, 0.2) is 54.6 Å². The minimum absolute atomic E-state index is 0.125. The molecule has 0 unspecified atom stereocenters. The normalized spacial score (nSPS) is 10.7. The molecule has 1 aromatic heterocycles. The summed E-state index contributed by atoms with van der Waals surface area (Å²) in [5.74, 6) is -0.125. The maximum Gasteiger partial charge on any atom is 0.272 e. The van der Waals surface area contributed by atoms with E-state index in [9.17, 15) is 4.79 Å². The van der Waals surface area contributed by atoms with Crippen molar-refractivity contribution in [2.24, 2.45) is 0 Å². The van der Waals surface area contributed by atoms with E-state index in [4.69, 9.17) is 0 Å². The van der Waals surface area contributed by atoms with Crippen molar-refractivity contribution in [1.82, 2.24) is 15.5 Å². The Morgan fingerprint density at radius 3 is 2.67 bits per heavy atom. The summed E-state index contributed by atoms with van der Waals surface area (Å²) in [6, 6.07) is 17.9. The Kier molecular flexibility index (Phi) is 3.96. The number of amides is 1. The highest BCUT2D eigenvalue weighted by Crippen LogP contribution is 2.14. The van der Waals surface area contributed by atoms with Crippen molar-refractivity contribution in [2.45, 2.75) is 12.8 Å². The molecule has 106 valence electrons. The van der Waals surface area contributed by atoms with Gasteiger partial charge in [-0.05, 0) is 24.5 Å². The number of rotatable bonds is 5. The summed E-state index contributed by atoms with van der Waals surface area (Å²) in [5, 5.41) is 10.8. The second kappa shape index (κ2) is 6.22. The van der Waals surface area contributed by atoms with Gasteiger partial charge in [-0.1, -0.05) is 48.5 Å². The van der Waals surface area contributed by atoms with Crippen molar-refractivity contribution in [3.8, 4) is 0 Å². The van der Waals surface area contributed by atoms with Crippen molar-refractivity contribution in [1.29, 1.82) is 0 Å². The number of fused-ring (bicyclic) bond motifs is 1. The number of benzene rings is 2. The second-order valence-corrected chi connectivity index (χ2v) is 4.96. The Bertz CT molecular complexity index is 734. The van der Waals surface area contributed by atoms with Gasteiger partial charge in [0, 0.05) is 11.9 Å². The molecule has 2 N–H and O–H groups in total. The summed E-state index contributed by atoms with van der Waals surface area (Å²) in [4.78, 5) is 12.1. The highest BCUT2D eigenvalue weighted by Gasteiger charge is 2.12. The van der Waals surface area contributed by atoms with E-state index in [1.165, 1.54) is 5.56 Å². The van der Waals surface area contributed by atoms with Crippen LogP contribution in [0.2, 0.25) is 0 Å². The van der Waals surface area contributed by atoms with Gasteiger partial charge in [0.15, 0.2) is 5.69 Å². The minimum Gasteiger partial charge on any atom is -0.351 e. The van der Waals surface area contributed by atoms with Gasteiger partial charge in [0.2, 0.25) is 0 Å². The monoisotopic (exact) mass is 279 g/mol. The molecule has 0 aliphatic rings. The van der Waals surface area contributed by atoms with E-state index in [0.717, 1.165) is 23.7 Å². The maximum atomic E-state index is 12.1. The first-order valence-corrected chi connectivity index (χ1v) is 7.10. The summed E-state index contributed by atoms with van der Waals surface area (Å²) in [5.41, 5.74) is 2.63. The van der Waals surface area contributed by atoms with E-state index in [0.29, 0.717) is 12.2 Å². The average Bonchev–Trinajstić information content (AvgIpc) is 2.96. The third kappa shape index (κ3) is 3.11. The molecule has 0 atom stereocenters. The predicted molar refractivity (Wildman–Crippen MR) is 83.2 cm³/mol. The van der Waals surface area contributed by atoms with Crippen LogP contribution < -0.4 is 5.32 Å². The number of aromatic amines is 1. The van der Waals surface area contributed by atoms with Crippen LogP contribution in [0.25, 0.3) is 10.9 Å². The number of carbonyl (C=O) groups is 1. The molecule has 1 heterocycles. The summed E-state index contributed by atoms with van der Waals surface area (Å²) in [6.45, 7) is 0.648. The first kappa shape index (κ1) is 13.4. The smallest absolute Gasteiger partial charge is 0.272 e. The summed E-state index contributed by atoms with van der Waals surface area (Å²) in [6.07, 6.45) is 1.88. The number of para-hydroxylation sites is 1. The third-order valence-electron chi connectivity index (χ3n) is 3.46. The molecule has 0 aliphatic heterocycles. The molecule has 0 radical (unpaired) electrons. The second-order valence-electron chi connectivity index (χ2n) is 4.96. The number of hydrogen-bond donors (Lipinski definition) is 2. The molecule has 3 rings (SSSR count).